The monoisotopic (exact) mass is 158 g/mol. The maximum absolute atomic E-state index is 2.35. The van der Waals surface area contributed by atoms with E-state index in [1.807, 2.05) is 0 Å². The second-order valence-electron chi connectivity index (χ2n) is 2.76. The van der Waals surface area contributed by atoms with Crippen LogP contribution in [0.1, 0.15) is 0 Å². The van der Waals surface area contributed by atoms with Crippen molar-refractivity contribution in [1.82, 2.24) is 9.80 Å². The summed E-state index contributed by atoms with van der Waals surface area (Å²) in [4.78, 5) is 4.30. The lowest BCUT2D eigenvalue weighted by Crippen LogP contribution is -2.24. The third kappa shape index (κ3) is 2.92. The summed E-state index contributed by atoms with van der Waals surface area (Å²) in [5, 5.41) is 0. The molecule has 0 rings (SSSR count). The molecule has 60 valence electrons. The summed E-state index contributed by atoms with van der Waals surface area (Å²) in [5.74, 6) is 1.33. The van der Waals surface area contributed by atoms with Gasteiger partial charge in [0, 0.05) is 37.7 Å². The molecule has 0 fully saturated rings. The van der Waals surface area contributed by atoms with Crippen LogP contribution in [0.5, 0.6) is 0 Å². The van der Waals surface area contributed by atoms with Crippen molar-refractivity contribution < 1.29 is 0 Å². The maximum atomic E-state index is 2.35. The summed E-state index contributed by atoms with van der Waals surface area (Å²) in [5.41, 5.74) is 2.35. The highest BCUT2D eigenvalue weighted by Gasteiger charge is 1.98. The van der Waals surface area contributed by atoms with Gasteiger partial charge in [-0.3, -0.25) is 0 Å². The average molecular weight is 158 g/mol. The molecule has 3 heteroatoms. The van der Waals surface area contributed by atoms with E-state index in [2.05, 4.69) is 50.2 Å². The van der Waals surface area contributed by atoms with Crippen LogP contribution in [0, 0.1) is 0 Å². The maximum Gasteiger partial charge on any atom is 0.0941 e. The summed E-state index contributed by atoms with van der Waals surface area (Å²) in [7, 11) is 8.35. The molecule has 0 radical (unpaired) electrons. The van der Waals surface area contributed by atoms with Gasteiger partial charge in [-0.2, -0.15) is 0 Å². The fourth-order valence-electron chi connectivity index (χ4n) is 0.948. The van der Waals surface area contributed by atoms with Gasteiger partial charge in [0.05, 0.1) is 5.82 Å². The van der Waals surface area contributed by atoms with E-state index in [9.17, 15) is 0 Å². The molecular weight excluding hydrogens is 140 g/mol. The van der Waals surface area contributed by atoms with Crippen molar-refractivity contribution in [3.8, 4) is 0 Å². The van der Waals surface area contributed by atoms with E-state index in [0.29, 0.717) is 0 Å². The van der Waals surface area contributed by atoms with E-state index >= 15 is 0 Å². The van der Waals surface area contributed by atoms with Crippen LogP contribution in [-0.2, 0) is 0 Å². The number of nitrogens with zero attached hydrogens (tertiary/aromatic N) is 2. The fourth-order valence-corrected chi connectivity index (χ4v) is 2.04. The highest BCUT2D eigenvalue weighted by Crippen LogP contribution is 1.99. The Labute approximate surface area is 66.3 Å². The van der Waals surface area contributed by atoms with Crippen molar-refractivity contribution >= 4 is 9.52 Å². The van der Waals surface area contributed by atoms with Gasteiger partial charge in [-0.1, -0.05) is 12.2 Å². The molecule has 0 aromatic rings. The second-order valence-corrected chi connectivity index (χ2v) is 3.98. The van der Waals surface area contributed by atoms with Crippen molar-refractivity contribution in [2.45, 2.75) is 6.55 Å². The van der Waals surface area contributed by atoms with Crippen LogP contribution in [0.25, 0.3) is 0 Å². The minimum atomic E-state index is 0.0356. The Hall–Kier alpha value is -0.443. The minimum Gasteiger partial charge on any atom is -0.365 e. The van der Waals surface area contributed by atoms with Gasteiger partial charge in [-0.15, -0.1) is 0 Å². The van der Waals surface area contributed by atoms with Crippen LogP contribution in [0.3, 0.4) is 0 Å². The smallest absolute Gasteiger partial charge is 0.0941 e. The van der Waals surface area contributed by atoms with Gasteiger partial charge in [0.15, 0.2) is 0 Å². The predicted octanol–water partition coefficient (Wildman–Crippen LogP) is 0.125. The van der Waals surface area contributed by atoms with Crippen LogP contribution in [0.4, 0.5) is 0 Å². The summed E-state index contributed by atoms with van der Waals surface area (Å²) in [6.45, 7) is 2.28. The second kappa shape index (κ2) is 4.38. The molecule has 0 aromatic carbocycles. The quantitative estimate of drug-likeness (QED) is 0.539. The third-order valence-electron chi connectivity index (χ3n) is 1.30. The molecular formula is C7H18N2Si. The van der Waals surface area contributed by atoms with Crippen molar-refractivity contribution in [2.75, 3.05) is 28.2 Å². The summed E-state index contributed by atoms with van der Waals surface area (Å²) < 4.78 is 0. The van der Waals surface area contributed by atoms with E-state index in [-0.39, 0.29) is 9.52 Å². The van der Waals surface area contributed by atoms with Gasteiger partial charge in [0.2, 0.25) is 0 Å². The van der Waals surface area contributed by atoms with Crippen LogP contribution in [-0.4, -0.2) is 47.5 Å². The molecule has 0 aliphatic rings. The molecule has 0 N–H and O–H groups in total. The first-order chi connectivity index (χ1) is 4.59. The van der Waals surface area contributed by atoms with Crippen LogP contribution >= 0.6 is 0 Å². The zero-order valence-electron chi connectivity index (χ0n) is 7.68. The molecule has 0 heterocycles. The Balaban J connectivity index is 4.12. The Morgan fingerprint density at radius 3 is 1.60 bits per heavy atom. The summed E-state index contributed by atoms with van der Waals surface area (Å²) >= 11 is 0. The third-order valence-corrected chi connectivity index (χ3v) is 2.08. The standard InChI is InChI=1S/C7H18N2Si/c1-8(2)7(6-10-5)9(3)4/h6H,10H2,1-5H3. The van der Waals surface area contributed by atoms with Gasteiger partial charge in [0.25, 0.3) is 0 Å². The van der Waals surface area contributed by atoms with E-state index in [1.54, 1.807) is 0 Å². The van der Waals surface area contributed by atoms with Gasteiger partial charge in [-0.05, 0) is 0 Å². The number of rotatable bonds is 3. The molecule has 0 aromatic heterocycles. The van der Waals surface area contributed by atoms with Crippen molar-refractivity contribution in [3.05, 3.63) is 11.5 Å². The Kier molecular flexibility index (Phi) is 4.19. The van der Waals surface area contributed by atoms with E-state index in [1.165, 1.54) is 5.82 Å². The SMILES string of the molecule is C[SiH2]C=C(N(C)C)N(C)C. The lowest BCUT2D eigenvalue weighted by molar-refractivity contribution is 0.344. The molecule has 0 saturated heterocycles. The van der Waals surface area contributed by atoms with Gasteiger partial charge >= 0.3 is 0 Å². The number of hydrogen-bond acceptors (Lipinski definition) is 2. The van der Waals surface area contributed by atoms with Gasteiger partial charge in [-0.25, -0.2) is 0 Å². The first-order valence-corrected chi connectivity index (χ1v) is 5.87. The van der Waals surface area contributed by atoms with Crippen LogP contribution in [0.2, 0.25) is 6.55 Å². The molecule has 0 aliphatic carbocycles. The first-order valence-electron chi connectivity index (χ1n) is 3.64. The highest BCUT2D eigenvalue weighted by molar-refractivity contribution is 6.40. The molecule has 2 nitrogen and oxygen atoms in total. The Morgan fingerprint density at radius 1 is 1.10 bits per heavy atom. The van der Waals surface area contributed by atoms with E-state index < -0.39 is 0 Å². The molecule has 10 heavy (non-hydrogen) atoms. The van der Waals surface area contributed by atoms with Crippen LogP contribution < -0.4 is 0 Å². The van der Waals surface area contributed by atoms with Gasteiger partial charge < -0.3 is 9.80 Å². The minimum absolute atomic E-state index is 0.0356. The summed E-state index contributed by atoms with van der Waals surface area (Å²) in [6, 6.07) is 0. The molecule has 0 unspecified atom stereocenters. The zero-order chi connectivity index (χ0) is 8.15. The van der Waals surface area contributed by atoms with E-state index in [0.717, 1.165) is 0 Å². The predicted molar refractivity (Wildman–Crippen MR) is 49.9 cm³/mol. The molecule has 0 aliphatic heterocycles. The normalized spacial score (nSPS) is 10.1. The molecule has 0 atom stereocenters. The Morgan fingerprint density at radius 2 is 1.50 bits per heavy atom. The highest BCUT2D eigenvalue weighted by atomic mass is 28.2. The topological polar surface area (TPSA) is 6.48 Å². The molecule has 0 saturated carbocycles. The zero-order valence-corrected chi connectivity index (χ0v) is 9.09. The van der Waals surface area contributed by atoms with Crippen molar-refractivity contribution in [1.29, 1.82) is 0 Å². The van der Waals surface area contributed by atoms with Crippen molar-refractivity contribution in [3.63, 3.8) is 0 Å². The largest absolute Gasteiger partial charge is 0.365 e. The van der Waals surface area contributed by atoms with Crippen molar-refractivity contribution in [2.24, 2.45) is 0 Å². The summed E-state index contributed by atoms with van der Waals surface area (Å²) in [6.07, 6.45) is 0. The molecule has 0 amide bonds. The first kappa shape index (κ1) is 9.56. The van der Waals surface area contributed by atoms with E-state index in [4.69, 9.17) is 0 Å². The lowest BCUT2D eigenvalue weighted by atomic mass is 10.6. The Bertz CT molecular complexity index is 109. The lowest BCUT2D eigenvalue weighted by Gasteiger charge is -2.24. The fraction of sp³-hybridized carbons (Fsp3) is 0.714. The van der Waals surface area contributed by atoms with Gasteiger partial charge in [0.1, 0.15) is 0 Å². The average Bonchev–Trinajstić information content (AvgIpc) is 1.81. The van der Waals surface area contributed by atoms with Crippen LogP contribution in [0.15, 0.2) is 11.5 Å². The number of hydrogen-bond donors (Lipinski definition) is 0. The molecule has 0 bridgehead atoms. The molecule has 0 spiro atoms.